The fourth-order valence-corrected chi connectivity index (χ4v) is 1.68. The van der Waals surface area contributed by atoms with Crippen molar-refractivity contribution in [2.24, 2.45) is 0 Å². The van der Waals surface area contributed by atoms with Gasteiger partial charge in [-0.15, -0.1) is 6.42 Å². The fraction of sp³-hybridized carbons (Fsp3) is 0.250. The lowest BCUT2D eigenvalue weighted by Gasteiger charge is -2.15. The van der Waals surface area contributed by atoms with E-state index in [1.165, 1.54) is 0 Å². The lowest BCUT2D eigenvalue weighted by Crippen LogP contribution is -2.23. The Morgan fingerprint density at radius 1 is 1.43 bits per heavy atom. The normalized spacial score (nSPS) is 15.6. The van der Waals surface area contributed by atoms with Gasteiger partial charge in [0.25, 0.3) is 0 Å². The molecule has 0 spiro atoms. The Morgan fingerprint density at radius 3 is 2.93 bits per heavy atom. The Kier molecular flexibility index (Phi) is 2.24. The SMILES string of the molecule is C#Cc1cccc(N2CCCC2=O)c1. The zero-order chi connectivity index (χ0) is 9.97. The number of nitrogens with zero attached hydrogens (tertiary/aromatic N) is 1. The van der Waals surface area contributed by atoms with Crippen LogP contribution in [0.25, 0.3) is 0 Å². The molecule has 14 heavy (non-hydrogen) atoms. The van der Waals surface area contributed by atoms with Gasteiger partial charge in [-0.2, -0.15) is 0 Å². The molecule has 0 aromatic heterocycles. The van der Waals surface area contributed by atoms with E-state index in [1.54, 1.807) is 4.90 Å². The van der Waals surface area contributed by atoms with Crippen LogP contribution in [0.2, 0.25) is 0 Å². The predicted octanol–water partition coefficient (Wildman–Crippen LogP) is 1.79. The minimum Gasteiger partial charge on any atom is -0.312 e. The summed E-state index contributed by atoms with van der Waals surface area (Å²) in [6.07, 6.45) is 6.90. The number of anilines is 1. The van der Waals surface area contributed by atoms with Gasteiger partial charge >= 0.3 is 0 Å². The van der Waals surface area contributed by atoms with Crippen LogP contribution >= 0.6 is 0 Å². The van der Waals surface area contributed by atoms with Crippen molar-refractivity contribution >= 4 is 11.6 Å². The lowest BCUT2D eigenvalue weighted by molar-refractivity contribution is -0.117. The molecule has 2 rings (SSSR count). The van der Waals surface area contributed by atoms with Gasteiger partial charge in [-0.1, -0.05) is 12.0 Å². The number of hydrogen-bond donors (Lipinski definition) is 0. The van der Waals surface area contributed by atoms with E-state index in [2.05, 4.69) is 5.92 Å². The largest absolute Gasteiger partial charge is 0.312 e. The van der Waals surface area contributed by atoms with Crippen LogP contribution in [0.4, 0.5) is 5.69 Å². The van der Waals surface area contributed by atoms with E-state index in [-0.39, 0.29) is 5.91 Å². The summed E-state index contributed by atoms with van der Waals surface area (Å²) in [6, 6.07) is 7.55. The standard InChI is InChI=1S/C12H11NO/c1-2-10-5-3-6-11(9-10)13-8-4-7-12(13)14/h1,3,5-6,9H,4,7-8H2. The molecule has 1 aliphatic rings. The van der Waals surface area contributed by atoms with E-state index < -0.39 is 0 Å². The van der Waals surface area contributed by atoms with Gasteiger partial charge in [-0.3, -0.25) is 4.79 Å². The maximum atomic E-state index is 11.4. The highest BCUT2D eigenvalue weighted by atomic mass is 16.2. The molecule has 0 unspecified atom stereocenters. The summed E-state index contributed by atoms with van der Waals surface area (Å²) in [6.45, 7) is 0.812. The summed E-state index contributed by atoms with van der Waals surface area (Å²) in [5.74, 6) is 2.76. The summed E-state index contributed by atoms with van der Waals surface area (Å²) in [5.41, 5.74) is 1.74. The third-order valence-corrected chi connectivity index (χ3v) is 2.40. The van der Waals surface area contributed by atoms with Gasteiger partial charge in [-0.05, 0) is 24.6 Å². The summed E-state index contributed by atoms with van der Waals surface area (Å²) in [5, 5.41) is 0. The van der Waals surface area contributed by atoms with Gasteiger partial charge in [0.1, 0.15) is 0 Å². The minimum atomic E-state index is 0.194. The molecule has 1 aromatic rings. The van der Waals surface area contributed by atoms with Crippen LogP contribution in [0.5, 0.6) is 0 Å². The molecule has 1 saturated heterocycles. The number of carbonyl (C=O) groups excluding carboxylic acids is 1. The number of benzene rings is 1. The first-order valence-electron chi connectivity index (χ1n) is 4.68. The Labute approximate surface area is 83.5 Å². The molecule has 0 N–H and O–H groups in total. The second kappa shape index (κ2) is 3.55. The van der Waals surface area contributed by atoms with Crippen molar-refractivity contribution < 1.29 is 4.79 Å². The average Bonchev–Trinajstić information content (AvgIpc) is 2.65. The molecule has 0 aliphatic carbocycles. The van der Waals surface area contributed by atoms with Crippen LogP contribution in [0, 0.1) is 12.3 Å². The molecule has 70 valence electrons. The first-order valence-corrected chi connectivity index (χ1v) is 4.68. The topological polar surface area (TPSA) is 20.3 Å². The first kappa shape index (κ1) is 8.83. The Morgan fingerprint density at radius 2 is 2.29 bits per heavy atom. The van der Waals surface area contributed by atoms with Crippen molar-refractivity contribution in [3.05, 3.63) is 29.8 Å². The number of hydrogen-bond acceptors (Lipinski definition) is 1. The molecule has 0 radical (unpaired) electrons. The molecular formula is C12H11NO. The average molecular weight is 185 g/mol. The van der Waals surface area contributed by atoms with Crippen LogP contribution in [-0.2, 0) is 4.79 Å². The maximum Gasteiger partial charge on any atom is 0.227 e. The van der Waals surface area contributed by atoms with Gasteiger partial charge in [-0.25, -0.2) is 0 Å². The molecule has 1 aromatic carbocycles. The number of carbonyl (C=O) groups is 1. The molecule has 1 heterocycles. The summed E-state index contributed by atoms with van der Waals surface area (Å²) in [4.78, 5) is 13.2. The van der Waals surface area contributed by atoms with Crippen molar-refractivity contribution in [2.45, 2.75) is 12.8 Å². The van der Waals surface area contributed by atoms with E-state index >= 15 is 0 Å². The van der Waals surface area contributed by atoms with E-state index in [4.69, 9.17) is 6.42 Å². The fourth-order valence-electron chi connectivity index (χ4n) is 1.68. The van der Waals surface area contributed by atoms with E-state index in [0.717, 1.165) is 24.2 Å². The first-order chi connectivity index (χ1) is 6.81. The van der Waals surface area contributed by atoms with Gasteiger partial charge in [0.05, 0.1) is 0 Å². The van der Waals surface area contributed by atoms with E-state index in [1.807, 2.05) is 24.3 Å². The third kappa shape index (κ3) is 1.49. The Balaban J connectivity index is 2.32. The number of rotatable bonds is 1. The lowest BCUT2D eigenvalue weighted by atomic mass is 10.2. The molecule has 1 amide bonds. The Bertz CT molecular complexity index is 403. The van der Waals surface area contributed by atoms with Crippen molar-refractivity contribution in [3.63, 3.8) is 0 Å². The number of terminal acetylenes is 1. The maximum absolute atomic E-state index is 11.4. The van der Waals surface area contributed by atoms with Crippen molar-refractivity contribution in [1.82, 2.24) is 0 Å². The molecule has 0 atom stereocenters. The quantitative estimate of drug-likeness (QED) is 0.611. The smallest absolute Gasteiger partial charge is 0.227 e. The van der Waals surface area contributed by atoms with Crippen LogP contribution in [0.3, 0.4) is 0 Å². The molecule has 2 nitrogen and oxygen atoms in total. The highest BCUT2D eigenvalue weighted by molar-refractivity contribution is 5.95. The van der Waals surface area contributed by atoms with Gasteiger partial charge in [0.15, 0.2) is 0 Å². The predicted molar refractivity (Wildman–Crippen MR) is 56.0 cm³/mol. The van der Waals surface area contributed by atoms with Crippen molar-refractivity contribution in [2.75, 3.05) is 11.4 Å². The summed E-state index contributed by atoms with van der Waals surface area (Å²) >= 11 is 0. The summed E-state index contributed by atoms with van der Waals surface area (Å²) in [7, 11) is 0. The van der Waals surface area contributed by atoms with Gasteiger partial charge in [0.2, 0.25) is 5.91 Å². The molecule has 1 aliphatic heterocycles. The Hall–Kier alpha value is -1.75. The van der Waals surface area contributed by atoms with Crippen molar-refractivity contribution in [3.8, 4) is 12.3 Å². The molecule has 0 saturated carbocycles. The third-order valence-electron chi connectivity index (χ3n) is 2.40. The van der Waals surface area contributed by atoms with Gasteiger partial charge < -0.3 is 4.90 Å². The highest BCUT2D eigenvalue weighted by Crippen LogP contribution is 2.21. The monoisotopic (exact) mass is 185 g/mol. The second-order valence-electron chi connectivity index (χ2n) is 3.34. The van der Waals surface area contributed by atoms with Crippen LogP contribution < -0.4 is 4.90 Å². The summed E-state index contributed by atoms with van der Waals surface area (Å²) < 4.78 is 0. The zero-order valence-corrected chi connectivity index (χ0v) is 7.86. The van der Waals surface area contributed by atoms with E-state index in [0.29, 0.717) is 6.42 Å². The number of amides is 1. The van der Waals surface area contributed by atoms with E-state index in [9.17, 15) is 4.79 Å². The van der Waals surface area contributed by atoms with Crippen LogP contribution in [0.15, 0.2) is 24.3 Å². The van der Waals surface area contributed by atoms with Crippen molar-refractivity contribution in [1.29, 1.82) is 0 Å². The second-order valence-corrected chi connectivity index (χ2v) is 3.34. The van der Waals surface area contributed by atoms with Crippen LogP contribution in [-0.4, -0.2) is 12.5 Å². The highest BCUT2D eigenvalue weighted by Gasteiger charge is 2.21. The molecule has 1 fully saturated rings. The molecule has 0 bridgehead atoms. The van der Waals surface area contributed by atoms with Gasteiger partial charge in [0, 0.05) is 24.2 Å². The minimum absolute atomic E-state index is 0.194. The molecular weight excluding hydrogens is 174 g/mol. The molecule has 2 heteroatoms. The van der Waals surface area contributed by atoms with Crippen LogP contribution in [0.1, 0.15) is 18.4 Å². The zero-order valence-electron chi connectivity index (χ0n) is 7.86.